The fourth-order valence-electron chi connectivity index (χ4n) is 2.20. The normalized spacial score (nSPS) is 12.6. The van der Waals surface area contributed by atoms with E-state index in [1.54, 1.807) is 7.11 Å². The van der Waals surface area contributed by atoms with Crippen molar-refractivity contribution >= 4 is 15.9 Å². The van der Waals surface area contributed by atoms with Crippen LogP contribution in [0.3, 0.4) is 0 Å². The number of hydrogen-bond donors (Lipinski definition) is 1. The Kier molecular flexibility index (Phi) is 9.14. The van der Waals surface area contributed by atoms with Crippen LogP contribution in [-0.2, 0) is 11.2 Å². The Bertz CT molecular complexity index is 326. The highest BCUT2D eigenvalue weighted by Gasteiger charge is 2.09. The molecular formula is C16H26BrNO. The Morgan fingerprint density at radius 2 is 2.00 bits per heavy atom. The zero-order valence-corrected chi connectivity index (χ0v) is 13.7. The minimum atomic E-state index is 0.720. The molecule has 0 bridgehead atoms. The molecule has 0 saturated carbocycles. The van der Waals surface area contributed by atoms with E-state index in [1.807, 2.05) is 0 Å². The molecule has 0 aliphatic rings. The smallest absolute Gasteiger partial charge is 0.0587 e. The Balaban J connectivity index is 2.41. The summed E-state index contributed by atoms with van der Waals surface area (Å²) in [7, 11) is 1.75. The number of hydrogen-bond acceptors (Lipinski definition) is 2. The topological polar surface area (TPSA) is 21.3 Å². The fraction of sp³-hybridized carbons (Fsp3) is 0.625. The van der Waals surface area contributed by atoms with E-state index in [0.29, 0.717) is 0 Å². The number of nitrogens with one attached hydrogen (secondary N) is 1. The summed E-state index contributed by atoms with van der Waals surface area (Å²) in [6.45, 7) is 5.08. The Hall–Kier alpha value is -0.380. The number of unbranched alkanes of at least 4 members (excludes halogenated alkanes) is 1. The largest absolute Gasteiger partial charge is 0.383 e. The first-order valence-corrected chi connectivity index (χ1v) is 7.99. The number of ether oxygens (including phenoxy) is 1. The lowest BCUT2D eigenvalue weighted by Crippen LogP contribution is -2.27. The van der Waals surface area contributed by atoms with Crippen LogP contribution in [0.5, 0.6) is 0 Å². The summed E-state index contributed by atoms with van der Waals surface area (Å²) in [4.78, 5) is 0. The van der Waals surface area contributed by atoms with Gasteiger partial charge in [-0.15, -0.1) is 0 Å². The average molecular weight is 328 g/mol. The van der Waals surface area contributed by atoms with Gasteiger partial charge in [0.25, 0.3) is 0 Å². The molecule has 0 aliphatic heterocycles. The molecule has 0 aromatic heterocycles. The summed E-state index contributed by atoms with van der Waals surface area (Å²) in [6, 6.07) is 8.70. The molecule has 2 nitrogen and oxygen atoms in total. The van der Waals surface area contributed by atoms with Crippen LogP contribution in [0.25, 0.3) is 0 Å². The van der Waals surface area contributed by atoms with E-state index in [4.69, 9.17) is 4.74 Å². The second kappa shape index (κ2) is 10.4. The van der Waals surface area contributed by atoms with Crippen LogP contribution < -0.4 is 5.32 Å². The zero-order chi connectivity index (χ0) is 13.9. The minimum Gasteiger partial charge on any atom is -0.383 e. The molecule has 0 radical (unpaired) electrons. The van der Waals surface area contributed by atoms with Crippen LogP contribution in [0.2, 0.25) is 0 Å². The molecule has 1 aromatic carbocycles. The predicted octanol–water partition coefficient (Wildman–Crippen LogP) is 4.03. The highest BCUT2D eigenvalue weighted by Crippen LogP contribution is 2.17. The number of benzene rings is 1. The first-order valence-electron chi connectivity index (χ1n) is 7.20. The van der Waals surface area contributed by atoms with Gasteiger partial charge in [-0.1, -0.05) is 47.8 Å². The Morgan fingerprint density at radius 3 is 2.63 bits per heavy atom. The molecule has 1 atom stereocenters. The van der Waals surface area contributed by atoms with Crippen molar-refractivity contribution in [2.24, 2.45) is 5.92 Å². The van der Waals surface area contributed by atoms with E-state index in [9.17, 15) is 0 Å². The Labute approximate surface area is 126 Å². The highest BCUT2D eigenvalue weighted by molar-refractivity contribution is 9.10. The third kappa shape index (κ3) is 7.71. The van der Waals surface area contributed by atoms with Gasteiger partial charge in [-0.05, 0) is 43.0 Å². The van der Waals surface area contributed by atoms with Crippen LogP contribution in [0.4, 0.5) is 0 Å². The number of halogens is 1. The van der Waals surface area contributed by atoms with Crippen molar-refractivity contribution in [3.63, 3.8) is 0 Å². The molecule has 19 heavy (non-hydrogen) atoms. The van der Waals surface area contributed by atoms with E-state index in [2.05, 4.69) is 52.4 Å². The van der Waals surface area contributed by atoms with E-state index < -0.39 is 0 Å². The summed E-state index contributed by atoms with van der Waals surface area (Å²) in [5, 5.41) is 3.49. The summed E-state index contributed by atoms with van der Waals surface area (Å²) in [6.07, 6.45) is 5.04. The van der Waals surface area contributed by atoms with Crippen molar-refractivity contribution in [3.8, 4) is 0 Å². The van der Waals surface area contributed by atoms with Gasteiger partial charge in [0.15, 0.2) is 0 Å². The third-order valence-corrected chi connectivity index (χ3v) is 3.85. The maximum Gasteiger partial charge on any atom is 0.0587 e. The van der Waals surface area contributed by atoms with Gasteiger partial charge >= 0.3 is 0 Å². The second-order valence-corrected chi connectivity index (χ2v) is 5.95. The van der Waals surface area contributed by atoms with Crippen molar-refractivity contribution in [1.29, 1.82) is 0 Å². The molecule has 1 N–H and O–H groups in total. The predicted molar refractivity (Wildman–Crippen MR) is 85.6 cm³/mol. The fourth-order valence-corrected chi connectivity index (χ4v) is 2.47. The summed E-state index contributed by atoms with van der Waals surface area (Å²) >= 11 is 3.49. The van der Waals surface area contributed by atoms with Gasteiger partial charge in [-0.25, -0.2) is 0 Å². The van der Waals surface area contributed by atoms with E-state index in [-0.39, 0.29) is 0 Å². The minimum absolute atomic E-state index is 0.720. The van der Waals surface area contributed by atoms with Gasteiger partial charge < -0.3 is 10.1 Å². The van der Waals surface area contributed by atoms with Gasteiger partial charge in [0, 0.05) is 18.1 Å². The number of methoxy groups -OCH3 is 1. The summed E-state index contributed by atoms with van der Waals surface area (Å²) in [5.41, 5.74) is 1.43. The molecule has 0 fully saturated rings. The van der Waals surface area contributed by atoms with Crippen LogP contribution >= 0.6 is 15.9 Å². The molecule has 0 heterocycles. The van der Waals surface area contributed by atoms with Crippen LogP contribution in [0.15, 0.2) is 28.7 Å². The second-order valence-electron chi connectivity index (χ2n) is 5.04. The molecule has 108 valence electrons. The molecule has 0 aliphatic carbocycles. The third-order valence-electron chi connectivity index (χ3n) is 3.32. The SMILES string of the molecule is CCCCC(CNCCOC)Cc1ccc(Br)cc1. The Morgan fingerprint density at radius 1 is 1.26 bits per heavy atom. The molecule has 0 amide bonds. The lowest BCUT2D eigenvalue weighted by molar-refractivity contribution is 0.197. The van der Waals surface area contributed by atoms with Crippen LogP contribution in [0, 0.1) is 5.92 Å². The van der Waals surface area contributed by atoms with Gasteiger partial charge in [0.1, 0.15) is 0 Å². The van der Waals surface area contributed by atoms with E-state index >= 15 is 0 Å². The van der Waals surface area contributed by atoms with Crippen LogP contribution in [0.1, 0.15) is 31.7 Å². The maximum atomic E-state index is 5.07. The first-order chi connectivity index (χ1) is 9.26. The first kappa shape index (κ1) is 16.7. The lowest BCUT2D eigenvalue weighted by Gasteiger charge is -2.17. The lowest BCUT2D eigenvalue weighted by atomic mass is 9.94. The quantitative estimate of drug-likeness (QED) is 0.655. The van der Waals surface area contributed by atoms with Crippen LogP contribution in [-0.4, -0.2) is 26.8 Å². The molecular weight excluding hydrogens is 302 g/mol. The average Bonchev–Trinajstić information content (AvgIpc) is 2.43. The van der Waals surface area contributed by atoms with Crippen molar-refractivity contribution in [2.45, 2.75) is 32.6 Å². The van der Waals surface area contributed by atoms with Crippen molar-refractivity contribution in [1.82, 2.24) is 5.32 Å². The zero-order valence-electron chi connectivity index (χ0n) is 12.1. The monoisotopic (exact) mass is 327 g/mol. The molecule has 3 heteroatoms. The van der Waals surface area contributed by atoms with Crippen molar-refractivity contribution in [3.05, 3.63) is 34.3 Å². The molecule has 1 aromatic rings. The van der Waals surface area contributed by atoms with Gasteiger partial charge in [-0.3, -0.25) is 0 Å². The van der Waals surface area contributed by atoms with Gasteiger partial charge in [0.05, 0.1) is 6.61 Å². The van der Waals surface area contributed by atoms with Crippen molar-refractivity contribution in [2.75, 3.05) is 26.8 Å². The molecule has 0 saturated heterocycles. The summed E-state index contributed by atoms with van der Waals surface area (Å²) in [5.74, 6) is 0.720. The standard InChI is InChI=1S/C16H26BrNO/c1-3-4-5-15(13-18-10-11-19-2)12-14-6-8-16(17)9-7-14/h6-9,15,18H,3-5,10-13H2,1-2H3. The van der Waals surface area contributed by atoms with E-state index in [1.165, 1.54) is 24.8 Å². The van der Waals surface area contributed by atoms with Gasteiger partial charge in [-0.2, -0.15) is 0 Å². The van der Waals surface area contributed by atoms with E-state index in [0.717, 1.165) is 36.5 Å². The molecule has 1 rings (SSSR count). The van der Waals surface area contributed by atoms with Gasteiger partial charge in [0.2, 0.25) is 0 Å². The van der Waals surface area contributed by atoms with Crippen molar-refractivity contribution < 1.29 is 4.74 Å². The highest BCUT2D eigenvalue weighted by atomic mass is 79.9. The molecule has 0 spiro atoms. The number of rotatable bonds is 10. The summed E-state index contributed by atoms with van der Waals surface area (Å²) < 4.78 is 6.22. The maximum absolute atomic E-state index is 5.07. The molecule has 1 unspecified atom stereocenters.